The van der Waals surface area contributed by atoms with Crippen molar-refractivity contribution in [3.63, 3.8) is 0 Å². The first-order valence-electron chi connectivity index (χ1n) is 10.4. The number of nitrogens with one attached hydrogen (secondary N) is 1. The van der Waals surface area contributed by atoms with Gasteiger partial charge in [0.25, 0.3) is 0 Å². The van der Waals surface area contributed by atoms with Gasteiger partial charge in [-0.15, -0.1) is 0 Å². The summed E-state index contributed by atoms with van der Waals surface area (Å²) in [4.78, 5) is 19.3. The zero-order chi connectivity index (χ0) is 22.0. The molecule has 2 heterocycles. The number of hydrogen-bond donors (Lipinski definition) is 2. The van der Waals surface area contributed by atoms with Gasteiger partial charge in [-0.3, -0.25) is 9.48 Å². The Morgan fingerprint density at radius 3 is 2.55 bits per heavy atom. The van der Waals surface area contributed by atoms with Crippen molar-refractivity contribution in [3.05, 3.63) is 65.0 Å². The molecule has 2 aromatic heterocycles. The molecule has 2 aromatic carbocycles. The maximum atomic E-state index is 11.3. The first-order valence-corrected chi connectivity index (χ1v) is 10.4. The molecule has 0 fully saturated rings. The zero-order valence-corrected chi connectivity index (χ0v) is 18.0. The monoisotopic (exact) mass is 418 g/mol. The minimum Gasteiger partial charge on any atom is -0.497 e. The minimum atomic E-state index is -0.822. The van der Waals surface area contributed by atoms with Crippen LogP contribution < -0.4 is 4.74 Å². The number of imidazole rings is 1. The Morgan fingerprint density at radius 1 is 1.13 bits per heavy atom. The van der Waals surface area contributed by atoms with Crippen LogP contribution in [-0.4, -0.2) is 37.9 Å². The summed E-state index contributed by atoms with van der Waals surface area (Å²) in [5.41, 5.74) is 6.64. The van der Waals surface area contributed by atoms with E-state index >= 15 is 0 Å². The van der Waals surface area contributed by atoms with Crippen molar-refractivity contribution >= 4 is 17.0 Å². The summed E-state index contributed by atoms with van der Waals surface area (Å²) in [6.45, 7) is 4.65. The Labute approximate surface area is 180 Å². The summed E-state index contributed by atoms with van der Waals surface area (Å²) in [6.07, 6.45) is 1.48. The second-order valence-electron chi connectivity index (χ2n) is 7.47. The van der Waals surface area contributed by atoms with E-state index in [0.717, 1.165) is 63.5 Å². The van der Waals surface area contributed by atoms with E-state index in [9.17, 15) is 9.90 Å². The number of H-pyrrole nitrogens is 1. The van der Waals surface area contributed by atoms with E-state index in [0.29, 0.717) is 6.54 Å². The highest BCUT2D eigenvalue weighted by molar-refractivity contribution is 5.80. The molecule has 0 radical (unpaired) electrons. The summed E-state index contributed by atoms with van der Waals surface area (Å²) in [5.74, 6) is 0.773. The third kappa shape index (κ3) is 4.17. The van der Waals surface area contributed by atoms with E-state index in [1.807, 2.05) is 48.9 Å². The van der Waals surface area contributed by atoms with Crippen molar-refractivity contribution in [2.24, 2.45) is 0 Å². The number of rotatable bonds is 8. The van der Waals surface area contributed by atoms with Gasteiger partial charge in [0.1, 0.15) is 11.6 Å². The van der Waals surface area contributed by atoms with Crippen LogP contribution in [0.5, 0.6) is 5.75 Å². The van der Waals surface area contributed by atoms with Gasteiger partial charge >= 0.3 is 5.97 Å². The lowest BCUT2D eigenvalue weighted by molar-refractivity contribution is -0.136. The van der Waals surface area contributed by atoms with E-state index in [4.69, 9.17) is 9.84 Å². The Morgan fingerprint density at radius 2 is 1.90 bits per heavy atom. The highest BCUT2D eigenvalue weighted by atomic mass is 16.5. The number of aromatic amines is 1. The molecule has 0 saturated carbocycles. The second kappa shape index (κ2) is 8.63. The largest absolute Gasteiger partial charge is 0.497 e. The molecule has 160 valence electrons. The van der Waals surface area contributed by atoms with E-state index in [2.05, 4.69) is 22.1 Å². The van der Waals surface area contributed by atoms with Gasteiger partial charge in [0.2, 0.25) is 0 Å². The molecule has 0 saturated heterocycles. The SMILES string of the molecule is CCc1nn(Cc2ccc(-c3nc4ccc(OC)cc4[nH]3)cc2)c(CC)c1CC(=O)O. The molecule has 0 aliphatic carbocycles. The number of benzene rings is 2. The van der Waals surface area contributed by atoms with Crippen LogP contribution in [-0.2, 0) is 30.6 Å². The molecule has 4 rings (SSSR count). The topological polar surface area (TPSA) is 93.0 Å². The Kier molecular flexibility index (Phi) is 5.75. The molecule has 0 unspecified atom stereocenters. The van der Waals surface area contributed by atoms with Gasteiger partial charge in [-0.2, -0.15) is 5.10 Å². The van der Waals surface area contributed by atoms with Crippen LogP contribution >= 0.6 is 0 Å². The van der Waals surface area contributed by atoms with Crippen molar-refractivity contribution in [3.8, 4) is 17.1 Å². The van der Waals surface area contributed by atoms with Crippen molar-refractivity contribution in [1.29, 1.82) is 0 Å². The fourth-order valence-corrected chi connectivity index (χ4v) is 3.95. The Bertz CT molecular complexity index is 1220. The third-order valence-electron chi connectivity index (χ3n) is 5.50. The third-order valence-corrected chi connectivity index (χ3v) is 5.50. The molecule has 31 heavy (non-hydrogen) atoms. The molecule has 0 atom stereocenters. The minimum absolute atomic E-state index is 0.0160. The number of nitrogens with zero attached hydrogens (tertiary/aromatic N) is 3. The quantitative estimate of drug-likeness (QED) is 0.447. The van der Waals surface area contributed by atoms with Gasteiger partial charge in [-0.05, 0) is 30.5 Å². The number of ether oxygens (including phenoxy) is 1. The molecule has 0 spiro atoms. The number of aliphatic carboxylic acids is 1. The number of carboxylic acids is 1. The number of hydrogen-bond acceptors (Lipinski definition) is 4. The normalized spacial score (nSPS) is 11.2. The van der Waals surface area contributed by atoms with Crippen LogP contribution in [0, 0.1) is 0 Å². The average Bonchev–Trinajstić information content (AvgIpc) is 3.34. The van der Waals surface area contributed by atoms with Gasteiger partial charge in [0.15, 0.2) is 0 Å². The van der Waals surface area contributed by atoms with Crippen LogP contribution in [0.4, 0.5) is 0 Å². The molecule has 7 nitrogen and oxygen atoms in total. The molecule has 0 bridgehead atoms. The number of aryl methyl sites for hydroxylation is 1. The molecule has 4 aromatic rings. The van der Waals surface area contributed by atoms with Crippen LogP contribution in [0.2, 0.25) is 0 Å². The van der Waals surface area contributed by atoms with Gasteiger partial charge in [-0.25, -0.2) is 4.98 Å². The molecule has 0 amide bonds. The fourth-order valence-electron chi connectivity index (χ4n) is 3.95. The van der Waals surface area contributed by atoms with Crippen LogP contribution in [0.25, 0.3) is 22.4 Å². The highest BCUT2D eigenvalue weighted by Gasteiger charge is 2.18. The van der Waals surface area contributed by atoms with Crippen molar-refractivity contribution in [2.45, 2.75) is 39.7 Å². The molecule has 0 aliphatic heterocycles. The molecule has 2 N–H and O–H groups in total. The van der Waals surface area contributed by atoms with E-state index in [1.165, 1.54) is 0 Å². The first-order chi connectivity index (χ1) is 15.0. The van der Waals surface area contributed by atoms with E-state index in [1.54, 1.807) is 7.11 Å². The maximum absolute atomic E-state index is 11.3. The summed E-state index contributed by atoms with van der Waals surface area (Å²) in [5, 5.41) is 14.0. The Hall–Kier alpha value is -3.61. The van der Waals surface area contributed by atoms with Gasteiger partial charge in [-0.1, -0.05) is 38.1 Å². The maximum Gasteiger partial charge on any atom is 0.307 e. The van der Waals surface area contributed by atoms with E-state index < -0.39 is 5.97 Å². The Balaban J connectivity index is 1.59. The number of fused-ring (bicyclic) bond motifs is 1. The van der Waals surface area contributed by atoms with Crippen LogP contribution in [0.15, 0.2) is 42.5 Å². The molecular weight excluding hydrogens is 392 g/mol. The fraction of sp³-hybridized carbons (Fsp3) is 0.292. The first kappa shape index (κ1) is 20.7. The lowest BCUT2D eigenvalue weighted by Crippen LogP contribution is -2.08. The summed E-state index contributed by atoms with van der Waals surface area (Å²) < 4.78 is 7.22. The van der Waals surface area contributed by atoms with Gasteiger partial charge in [0.05, 0.1) is 36.8 Å². The van der Waals surface area contributed by atoms with Crippen LogP contribution in [0.1, 0.15) is 36.4 Å². The molecular formula is C24H26N4O3. The average molecular weight is 418 g/mol. The summed E-state index contributed by atoms with van der Waals surface area (Å²) in [7, 11) is 1.65. The predicted octanol–water partition coefficient (Wildman–Crippen LogP) is 4.24. The second-order valence-corrected chi connectivity index (χ2v) is 7.47. The number of methoxy groups -OCH3 is 1. The summed E-state index contributed by atoms with van der Waals surface area (Å²) >= 11 is 0. The predicted molar refractivity (Wildman–Crippen MR) is 120 cm³/mol. The number of aromatic nitrogens is 4. The summed E-state index contributed by atoms with van der Waals surface area (Å²) in [6, 6.07) is 14.0. The zero-order valence-electron chi connectivity index (χ0n) is 18.0. The van der Waals surface area contributed by atoms with Gasteiger partial charge < -0.3 is 14.8 Å². The highest BCUT2D eigenvalue weighted by Crippen LogP contribution is 2.25. The van der Waals surface area contributed by atoms with Gasteiger partial charge in [0, 0.05) is 22.9 Å². The smallest absolute Gasteiger partial charge is 0.307 e. The molecule has 0 aliphatic rings. The van der Waals surface area contributed by atoms with E-state index in [-0.39, 0.29) is 6.42 Å². The lowest BCUT2D eigenvalue weighted by Gasteiger charge is -2.08. The van der Waals surface area contributed by atoms with Crippen molar-refractivity contribution < 1.29 is 14.6 Å². The lowest BCUT2D eigenvalue weighted by atomic mass is 10.1. The standard InChI is InChI=1S/C24H26N4O3/c1-4-19-18(13-23(29)30)22(5-2)28(27-19)14-15-6-8-16(9-7-15)24-25-20-11-10-17(31-3)12-21(20)26-24/h6-12H,4-5,13-14H2,1-3H3,(H,25,26)(H,29,30). The number of carboxylic acid groups (broad SMARTS) is 1. The molecule has 7 heteroatoms. The van der Waals surface area contributed by atoms with Crippen LogP contribution in [0.3, 0.4) is 0 Å². The number of carbonyl (C=O) groups is 1. The van der Waals surface area contributed by atoms with Crippen molar-refractivity contribution in [2.75, 3.05) is 7.11 Å². The van der Waals surface area contributed by atoms with Crippen molar-refractivity contribution in [1.82, 2.24) is 19.7 Å².